The molecule has 1 aliphatic rings. The molecule has 0 unspecified atom stereocenters. The largest absolute Gasteiger partial charge is 0.494 e. The number of hydrogen-bond acceptors (Lipinski definition) is 6. The first-order valence-electron chi connectivity index (χ1n) is 11.4. The Morgan fingerprint density at radius 2 is 1.91 bits per heavy atom. The summed E-state index contributed by atoms with van der Waals surface area (Å²) in [6.07, 6.45) is 5.01. The maximum absolute atomic E-state index is 13.0. The first-order chi connectivity index (χ1) is 16.1. The minimum atomic E-state index is -0.132. The number of hydrogen-bond donors (Lipinski definition) is 1. The van der Waals surface area contributed by atoms with Gasteiger partial charge in [-0.1, -0.05) is 35.9 Å². The van der Waals surface area contributed by atoms with E-state index in [9.17, 15) is 4.79 Å². The predicted molar refractivity (Wildman–Crippen MR) is 128 cm³/mol. The zero-order valence-corrected chi connectivity index (χ0v) is 19.2. The summed E-state index contributed by atoms with van der Waals surface area (Å²) >= 11 is 0. The molecule has 1 atom stereocenters. The third-order valence-electron chi connectivity index (χ3n) is 5.70. The Morgan fingerprint density at radius 3 is 2.73 bits per heavy atom. The number of carbonyl (C=O) groups is 1. The lowest BCUT2D eigenvalue weighted by atomic mass is 9.97. The van der Waals surface area contributed by atoms with E-state index in [1.807, 2.05) is 62.4 Å². The molecular formula is C26H30N4O3. The first kappa shape index (κ1) is 22.6. The van der Waals surface area contributed by atoms with Gasteiger partial charge in [-0.05, 0) is 44.9 Å². The highest BCUT2D eigenvalue weighted by Gasteiger charge is 2.28. The van der Waals surface area contributed by atoms with E-state index in [0.717, 1.165) is 36.3 Å². The van der Waals surface area contributed by atoms with Crippen molar-refractivity contribution in [1.82, 2.24) is 15.3 Å². The van der Waals surface area contributed by atoms with Gasteiger partial charge in [0.2, 0.25) is 5.91 Å². The molecule has 2 heterocycles. The number of amides is 1. The normalized spacial score (nSPS) is 15.7. The molecule has 7 nitrogen and oxygen atoms in total. The fraction of sp³-hybridized carbons (Fsp3) is 0.346. The van der Waals surface area contributed by atoms with Gasteiger partial charge in [0.1, 0.15) is 11.5 Å². The molecule has 172 valence electrons. The minimum Gasteiger partial charge on any atom is -0.494 e. The lowest BCUT2D eigenvalue weighted by Gasteiger charge is -2.33. The SMILES string of the molecule is CCOc1ccccc1CNC(=O)[C@@H]1CCCN(c2nccnc2Oc2ccc(C)cc2)C1. The van der Waals surface area contributed by atoms with Gasteiger partial charge >= 0.3 is 0 Å². The second-order valence-corrected chi connectivity index (χ2v) is 8.14. The van der Waals surface area contributed by atoms with Crippen molar-refractivity contribution in [2.45, 2.75) is 33.2 Å². The van der Waals surface area contributed by atoms with Crippen molar-refractivity contribution in [1.29, 1.82) is 0 Å². The Labute approximate surface area is 194 Å². The van der Waals surface area contributed by atoms with Gasteiger partial charge in [-0.15, -0.1) is 0 Å². The van der Waals surface area contributed by atoms with Gasteiger partial charge in [-0.25, -0.2) is 9.97 Å². The Balaban J connectivity index is 1.41. The molecule has 3 aromatic rings. The van der Waals surface area contributed by atoms with Crippen LogP contribution in [0.3, 0.4) is 0 Å². The number of aryl methyl sites for hydroxylation is 1. The average molecular weight is 447 g/mol. The highest BCUT2D eigenvalue weighted by atomic mass is 16.5. The number of nitrogens with one attached hydrogen (secondary N) is 1. The molecule has 0 bridgehead atoms. The highest BCUT2D eigenvalue weighted by Crippen LogP contribution is 2.31. The van der Waals surface area contributed by atoms with Crippen LogP contribution in [0.4, 0.5) is 5.82 Å². The van der Waals surface area contributed by atoms with Crippen LogP contribution >= 0.6 is 0 Å². The zero-order valence-electron chi connectivity index (χ0n) is 19.2. The Hall–Kier alpha value is -3.61. The van der Waals surface area contributed by atoms with Gasteiger partial charge < -0.3 is 19.7 Å². The monoisotopic (exact) mass is 446 g/mol. The quantitative estimate of drug-likeness (QED) is 0.549. The van der Waals surface area contributed by atoms with E-state index in [1.165, 1.54) is 0 Å². The van der Waals surface area contributed by atoms with Crippen LogP contribution in [0.25, 0.3) is 0 Å². The van der Waals surface area contributed by atoms with E-state index in [-0.39, 0.29) is 11.8 Å². The molecule has 2 aromatic carbocycles. The second-order valence-electron chi connectivity index (χ2n) is 8.14. The van der Waals surface area contributed by atoms with E-state index in [1.54, 1.807) is 12.4 Å². The van der Waals surface area contributed by atoms with E-state index in [2.05, 4.69) is 20.2 Å². The summed E-state index contributed by atoms with van der Waals surface area (Å²) in [6, 6.07) is 15.6. The molecule has 0 spiro atoms. The number of nitrogens with zero attached hydrogens (tertiary/aromatic N) is 3. The standard InChI is InChI=1S/C26H30N4O3/c1-3-32-23-9-5-4-7-20(23)17-29-25(31)21-8-6-16-30(18-21)24-26(28-15-14-27-24)33-22-12-10-19(2)11-13-22/h4-5,7,9-15,21H,3,6,8,16-18H2,1-2H3,(H,29,31)/t21-/m1/s1. The topological polar surface area (TPSA) is 76.6 Å². The van der Waals surface area contributed by atoms with Crippen LogP contribution in [0.5, 0.6) is 17.4 Å². The van der Waals surface area contributed by atoms with Crippen molar-refractivity contribution in [2.75, 3.05) is 24.6 Å². The van der Waals surface area contributed by atoms with Gasteiger partial charge in [0.15, 0.2) is 5.82 Å². The average Bonchev–Trinajstić information content (AvgIpc) is 2.85. The third-order valence-corrected chi connectivity index (χ3v) is 5.70. The molecule has 4 rings (SSSR count). The Bertz CT molecular complexity index is 1070. The smallest absolute Gasteiger partial charge is 0.263 e. The van der Waals surface area contributed by atoms with Crippen molar-refractivity contribution in [3.63, 3.8) is 0 Å². The molecule has 1 aliphatic heterocycles. The molecule has 0 aliphatic carbocycles. The molecule has 33 heavy (non-hydrogen) atoms. The van der Waals surface area contributed by atoms with Crippen LogP contribution in [0.2, 0.25) is 0 Å². The fourth-order valence-corrected chi connectivity index (χ4v) is 3.98. The van der Waals surface area contributed by atoms with E-state index >= 15 is 0 Å². The maximum atomic E-state index is 13.0. The molecule has 0 saturated carbocycles. The summed E-state index contributed by atoms with van der Waals surface area (Å²) in [5.74, 6) is 2.54. The molecule has 0 radical (unpaired) electrons. The van der Waals surface area contributed by atoms with Crippen LogP contribution in [0, 0.1) is 12.8 Å². The number of anilines is 1. The summed E-state index contributed by atoms with van der Waals surface area (Å²) in [5.41, 5.74) is 2.14. The molecule has 7 heteroatoms. The van der Waals surface area contributed by atoms with Gasteiger partial charge in [0.25, 0.3) is 5.88 Å². The van der Waals surface area contributed by atoms with Crippen molar-refractivity contribution in [3.05, 3.63) is 72.1 Å². The summed E-state index contributed by atoms with van der Waals surface area (Å²) < 4.78 is 11.7. The van der Waals surface area contributed by atoms with Gasteiger partial charge in [-0.3, -0.25) is 4.79 Å². The maximum Gasteiger partial charge on any atom is 0.263 e. The molecule has 1 aromatic heterocycles. The van der Waals surface area contributed by atoms with E-state index < -0.39 is 0 Å². The van der Waals surface area contributed by atoms with E-state index in [0.29, 0.717) is 37.1 Å². The number of benzene rings is 2. The lowest BCUT2D eigenvalue weighted by molar-refractivity contribution is -0.125. The molecule has 1 fully saturated rings. The summed E-state index contributed by atoms with van der Waals surface area (Å²) in [7, 11) is 0. The molecule has 1 saturated heterocycles. The Kier molecular flexibility index (Phi) is 7.40. The van der Waals surface area contributed by atoms with Crippen LogP contribution < -0.4 is 19.7 Å². The fourth-order valence-electron chi connectivity index (χ4n) is 3.98. The van der Waals surface area contributed by atoms with Crippen LogP contribution in [0.1, 0.15) is 30.9 Å². The molecular weight excluding hydrogens is 416 g/mol. The Morgan fingerprint density at radius 1 is 1.12 bits per heavy atom. The van der Waals surface area contributed by atoms with Gasteiger partial charge in [0, 0.05) is 37.6 Å². The lowest BCUT2D eigenvalue weighted by Crippen LogP contribution is -2.43. The van der Waals surface area contributed by atoms with Crippen LogP contribution in [-0.4, -0.2) is 35.6 Å². The summed E-state index contributed by atoms with van der Waals surface area (Å²) in [4.78, 5) is 24.0. The van der Waals surface area contributed by atoms with Crippen molar-refractivity contribution < 1.29 is 14.3 Å². The van der Waals surface area contributed by atoms with Crippen molar-refractivity contribution in [2.24, 2.45) is 5.92 Å². The highest BCUT2D eigenvalue weighted by molar-refractivity contribution is 5.79. The number of ether oxygens (including phenoxy) is 2. The van der Waals surface area contributed by atoms with Crippen LogP contribution in [-0.2, 0) is 11.3 Å². The van der Waals surface area contributed by atoms with Crippen molar-refractivity contribution >= 4 is 11.7 Å². The summed E-state index contributed by atoms with van der Waals surface area (Å²) in [6.45, 7) is 6.40. The van der Waals surface area contributed by atoms with Gasteiger partial charge in [-0.2, -0.15) is 0 Å². The third kappa shape index (κ3) is 5.80. The number of para-hydroxylation sites is 1. The molecule has 1 amide bonds. The zero-order chi connectivity index (χ0) is 23.0. The van der Waals surface area contributed by atoms with Crippen LogP contribution in [0.15, 0.2) is 60.9 Å². The van der Waals surface area contributed by atoms with Gasteiger partial charge in [0.05, 0.1) is 12.5 Å². The minimum absolute atomic E-state index is 0.0379. The number of carbonyl (C=O) groups excluding carboxylic acids is 1. The molecule has 1 N–H and O–H groups in total. The first-order valence-corrected chi connectivity index (χ1v) is 11.4. The van der Waals surface area contributed by atoms with Crippen molar-refractivity contribution in [3.8, 4) is 17.4 Å². The summed E-state index contributed by atoms with van der Waals surface area (Å²) in [5, 5.41) is 3.09. The number of aromatic nitrogens is 2. The predicted octanol–water partition coefficient (Wildman–Crippen LogP) is 4.51. The second kappa shape index (κ2) is 10.8. The number of rotatable bonds is 8. The number of piperidine rings is 1. The van der Waals surface area contributed by atoms with E-state index in [4.69, 9.17) is 9.47 Å².